The van der Waals surface area contributed by atoms with Gasteiger partial charge in [-0.15, -0.1) is 0 Å². The summed E-state index contributed by atoms with van der Waals surface area (Å²) in [5.74, 6) is 2.08. The SMILES string of the molecule is Clc1ncc2c(n1)-n1ccnc1CO2. The van der Waals surface area contributed by atoms with Gasteiger partial charge in [-0.25, -0.2) is 9.97 Å². The predicted molar refractivity (Wildman–Crippen MR) is 48.5 cm³/mol. The second kappa shape index (κ2) is 2.68. The summed E-state index contributed by atoms with van der Waals surface area (Å²) in [6, 6.07) is 0. The lowest BCUT2D eigenvalue weighted by molar-refractivity contribution is 0.276. The van der Waals surface area contributed by atoms with E-state index >= 15 is 0 Å². The molecule has 3 heterocycles. The van der Waals surface area contributed by atoms with Crippen molar-refractivity contribution in [1.29, 1.82) is 0 Å². The van der Waals surface area contributed by atoms with Gasteiger partial charge in [0.25, 0.3) is 0 Å². The Morgan fingerprint density at radius 2 is 2.36 bits per heavy atom. The fourth-order valence-electron chi connectivity index (χ4n) is 1.39. The van der Waals surface area contributed by atoms with E-state index in [1.807, 2.05) is 10.8 Å². The van der Waals surface area contributed by atoms with Crippen molar-refractivity contribution < 1.29 is 4.74 Å². The van der Waals surface area contributed by atoms with E-state index in [2.05, 4.69) is 15.0 Å². The molecule has 0 amide bonds. The van der Waals surface area contributed by atoms with E-state index in [1.165, 1.54) is 0 Å². The van der Waals surface area contributed by atoms with E-state index in [0.717, 1.165) is 5.82 Å². The minimum atomic E-state index is 0.203. The molecule has 14 heavy (non-hydrogen) atoms. The number of hydrogen-bond donors (Lipinski definition) is 0. The van der Waals surface area contributed by atoms with Gasteiger partial charge >= 0.3 is 0 Å². The van der Waals surface area contributed by atoms with Gasteiger partial charge in [-0.1, -0.05) is 0 Å². The van der Waals surface area contributed by atoms with Crippen molar-refractivity contribution in [1.82, 2.24) is 19.5 Å². The lowest BCUT2D eigenvalue weighted by atomic mass is 10.4. The average Bonchev–Trinajstić information content (AvgIpc) is 2.65. The zero-order valence-electron chi connectivity index (χ0n) is 7.01. The minimum Gasteiger partial charge on any atom is -0.480 e. The van der Waals surface area contributed by atoms with E-state index in [9.17, 15) is 0 Å². The van der Waals surface area contributed by atoms with Gasteiger partial charge in [-0.2, -0.15) is 4.98 Å². The molecular weight excluding hydrogens is 204 g/mol. The van der Waals surface area contributed by atoms with Gasteiger partial charge in [0.05, 0.1) is 6.20 Å². The Labute approximate surface area is 84.3 Å². The topological polar surface area (TPSA) is 52.8 Å². The van der Waals surface area contributed by atoms with E-state index in [4.69, 9.17) is 16.3 Å². The Balaban J connectivity index is 2.28. The first-order valence-electron chi connectivity index (χ1n) is 4.02. The maximum absolute atomic E-state index is 5.70. The molecule has 0 radical (unpaired) electrons. The minimum absolute atomic E-state index is 0.203. The molecule has 0 saturated carbocycles. The molecule has 1 aliphatic heterocycles. The molecule has 0 saturated heterocycles. The monoisotopic (exact) mass is 208 g/mol. The Bertz CT molecular complexity index is 496. The molecule has 0 aromatic carbocycles. The molecular formula is C8H5ClN4O. The first kappa shape index (κ1) is 7.75. The molecule has 0 spiro atoms. The molecule has 0 atom stereocenters. The lowest BCUT2D eigenvalue weighted by Gasteiger charge is -2.17. The summed E-state index contributed by atoms with van der Waals surface area (Å²) in [4.78, 5) is 12.0. The number of nitrogens with zero attached hydrogens (tertiary/aromatic N) is 4. The fourth-order valence-corrected chi connectivity index (χ4v) is 1.52. The van der Waals surface area contributed by atoms with Crippen molar-refractivity contribution in [3.63, 3.8) is 0 Å². The molecule has 5 nitrogen and oxygen atoms in total. The van der Waals surface area contributed by atoms with Crippen molar-refractivity contribution in [2.45, 2.75) is 6.61 Å². The largest absolute Gasteiger partial charge is 0.480 e. The smallest absolute Gasteiger partial charge is 0.224 e. The number of ether oxygens (including phenoxy) is 1. The first-order chi connectivity index (χ1) is 6.84. The predicted octanol–water partition coefficient (Wildman–Crippen LogP) is 1.21. The number of aromatic nitrogens is 4. The van der Waals surface area contributed by atoms with Crippen molar-refractivity contribution >= 4 is 11.6 Å². The van der Waals surface area contributed by atoms with Crippen LogP contribution in [0.1, 0.15) is 5.82 Å². The standard InChI is InChI=1S/C8H5ClN4O/c9-8-11-3-5-7(12-8)13-2-1-10-6(13)4-14-5/h1-3H,4H2. The van der Waals surface area contributed by atoms with E-state index in [0.29, 0.717) is 18.2 Å². The van der Waals surface area contributed by atoms with Crippen LogP contribution >= 0.6 is 11.6 Å². The van der Waals surface area contributed by atoms with Gasteiger partial charge in [0, 0.05) is 12.4 Å². The van der Waals surface area contributed by atoms with E-state index in [-0.39, 0.29) is 5.28 Å². The van der Waals surface area contributed by atoms with Crippen LogP contribution in [0.5, 0.6) is 5.75 Å². The highest BCUT2D eigenvalue weighted by atomic mass is 35.5. The summed E-state index contributed by atoms with van der Waals surface area (Å²) in [6.07, 6.45) is 5.08. The van der Waals surface area contributed by atoms with E-state index in [1.54, 1.807) is 12.4 Å². The third kappa shape index (κ3) is 0.990. The summed E-state index contributed by atoms with van der Waals surface area (Å²) in [5.41, 5.74) is 0. The van der Waals surface area contributed by atoms with Crippen molar-refractivity contribution in [2.24, 2.45) is 0 Å². The number of rotatable bonds is 0. The highest BCUT2D eigenvalue weighted by Gasteiger charge is 2.18. The maximum atomic E-state index is 5.70. The summed E-state index contributed by atoms with van der Waals surface area (Å²) >= 11 is 5.70. The quantitative estimate of drug-likeness (QED) is 0.611. The molecule has 0 unspecified atom stereocenters. The van der Waals surface area contributed by atoms with Gasteiger partial charge < -0.3 is 4.74 Å². The van der Waals surface area contributed by atoms with Crippen LogP contribution < -0.4 is 4.74 Å². The highest BCUT2D eigenvalue weighted by molar-refractivity contribution is 6.28. The molecule has 3 rings (SSSR count). The highest BCUT2D eigenvalue weighted by Crippen LogP contribution is 2.26. The number of hydrogen-bond acceptors (Lipinski definition) is 4. The zero-order chi connectivity index (χ0) is 9.54. The molecule has 6 heteroatoms. The van der Waals surface area contributed by atoms with Crippen LogP contribution in [0.4, 0.5) is 0 Å². The lowest BCUT2D eigenvalue weighted by Crippen LogP contribution is -2.14. The summed E-state index contributed by atoms with van der Waals surface area (Å²) in [6.45, 7) is 0.436. The Kier molecular flexibility index (Phi) is 1.49. The number of fused-ring (bicyclic) bond motifs is 3. The first-order valence-corrected chi connectivity index (χ1v) is 4.40. The molecule has 2 aromatic rings. The fraction of sp³-hybridized carbons (Fsp3) is 0.125. The normalized spacial score (nSPS) is 12.9. The molecule has 2 aromatic heterocycles. The van der Waals surface area contributed by atoms with Crippen LogP contribution in [-0.2, 0) is 6.61 Å². The van der Waals surface area contributed by atoms with Crippen LogP contribution in [0.25, 0.3) is 5.82 Å². The Hall–Kier alpha value is -1.62. The number of halogens is 1. The Morgan fingerprint density at radius 3 is 3.29 bits per heavy atom. The van der Waals surface area contributed by atoms with E-state index < -0.39 is 0 Å². The van der Waals surface area contributed by atoms with Gasteiger partial charge in [0.15, 0.2) is 17.4 Å². The van der Waals surface area contributed by atoms with Crippen LogP contribution in [0.3, 0.4) is 0 Å². The molecule has 0 bridgehead atoms. The van der Waals surface area contributed by atoms with Crippen molar-refractivity contribution in [3.8, 4) is 11.6 Å². The molecule has 0 N–H and O–H groups in total. The molecule has 0 fully saturated rings. The molecule has 70 valence electrons. The number of imidazole rings is 1. The maximum Gasteiger partial charge on any atom is 0.224 e. The van der Waals surface area contributed by atoms with Gasteiger partial charge in [0.1, 0.15) is 6.61 Å². The third-order valence-electron chi connectivity index (χ3n) is 2.01. The second-order valence-corrected chi connectivity index (χ2v) is 3.17. The molecule has 1 aliphatic rings. The van der Waals surface area contributed by atoms with Crippen molar-refractivity contribution in [3.05, 3.63) is 29.7 Å². The summed E-state index contributed by atoms with van der Waals surface area (Å²) in [5, 5.41) is 0.203. The third-order valence-corrected chi connectivity index (χ3v) is 2.19. The van der Waals surface area contributed by atoms with Crippen LogP contribution in [-0.4, -0.2) is 19.5 Å². The Morgan fingerprint density at radius 1 is 1.43 bits per heavy atom. The second-order valence-electron chi connectivity index (χ2n) is 2.83. The van der Waals surface area contributed by atoms with Crippen LogP contribution in [0.2, 0.25) is 5.28 Å². The summed E-state index contributed by atoms with van der Waals surface area (Å²) < 4.78 is 7.24. The molecule has 0 aliphatic carbocycles. The van der Waals surface area contributed by atoms with Gasteiger partial charge in [-0.05, 0) is 11.6 Å². The summed E-state index contributed by atoms with van der Waals surface area (Å²) in [7, 11) is 0. The van der Waals surface area contributed by atoms with Crippen LogP contribution in [0.15, 0.2) is 18.6 Å². The zero-order valence-corrected chi connectivity index (χ0v) is 7.77. The average molecular weight is 209 g/mol. The van der Waals surface area contributed by atoms with Gasteiger partial charge in [-0.3, -0.25) is 4.57 Å². The van der Waals surface area contributed by atoms with Crippen molar-refractivity contribution in [2.75, 3.05) is 0 Å². The van der Waals surface area contributed by atoms with Crippen LogP contribution in [0, 0.1) is 0 Å². The van der Waals surface area contributed by atoms with Gasteiger partial charge in [0.2, 0.25) is 5.28 Å².